The van der Waals surface area contributed by atoms with Gasteiger partial charge in [0.25, 0.3) is 5.69 Å². The maximum absolute atomic E-state index is 12.3. The van der Waals surface area contributed by atoms with Gasteiger partial charge in [-0.25, -0.2) is 13.1 Å². The highest BCUT2D eigenvalue weighted by Crippen LogP contribution is 2.26. The Morgan fingerprint density at radius 3 is 2.71 bits per heavy atom. The van der Waals surface area contributed by atoms with Gasteiger partial charge in [0.2, 0.25) is 15.9 Å². The summed E-state index contributed by atoms with van der Waals surface area (Å²) in [5, 5.41) is 13.5. The van der Waals surface area contributed by atoms with Crippen molar-refractivity contribution in [1.29, 1.82) is 0 Å². The first kappa shape index (κ1) is 15.2. The van der Waals surface area contributed by atoms with Crippen LogP contribution in [0, 0.1) is 10.1 Å². The number of carbonyl (C=O) groups excluding carboxylic acids is 1. The quantitative estimate of drug-likeness (QED) is 0.396. The molecule has 1 aliphatic heterocycles. The highest BCUT2D eigenvalue weighted by Gasteiger charge is 2.29. The Labute approximate surface area is 120 Å². The molecule has 0 aliphatic carbocycles. The van der Waals surface area contributed by atoms with Gasteiger partial charge in [0.05, 0.1) is 4.92 Å². The van der Waals surface area contributed by atoms with E-state index in [1.54, 1.807) is 0 Å². The van der Waals surface area contributed by atoms with Gasteiger partial charge in [-0.2, -0.15) is 0 Å². The highest BCUT2D eigenvalue weighted by atomic mass is 32.2. The Morgan fingerprint density at radius 2 is 2.14 bits per heavy atom. The smallest absolute Gasteiger partial charge is 0.289 e. The second-order valence-electron chi connectivity index (χ2n) is 4.65. The highest BCUT2D eigenvalue weighted by molar-refractivity contribution is 7.89. The molecule has 9 nitrogen and oxygen atoms in total. The SMILES string of the molecule is Nc1ccc([N+](=O)[O-])c(S(=O)(=O)NC2CCC(=O)NC2)c1. The molecule has 0 saturated carbocycles. The second kappa shape index (κ2) is 5.66. The topological polar surface area (TPSA) is 144 Å². The minimum absolute atomic E-state index is 0.109. The van der Waals surface area contributed by atoms with Crippen molar-refractivity contribution >= 4 is 27.3 Å². The van der Waals surface area contributed by atoms with Crippen LogP contribution in [0.5, 0.6) is 0 Å². The molecule has 4 N–H and O–H groups in total. The zero-order valence-corrected chi connectivity index (χ0v) is 11.7. The van der Waals surface area contributed by atoms with Gasteiger partial charge in [-0.15, -0.1) is 0 Å². The number of hydrogen-bond acceptors (Lipinski definition) is 6. The van der Waals surface area contributed by atoms with Crippen LogP contribution in [0.15, 0.2) is 23.1 Å². The number of nitro groups is 1. The van der Waals surface area contributed by atoms with E-state index in [0.29, 0.717) is 6.42 Å². The molecule has 114 valence electrons. The maximum atomic E-state index is 12.3. The number of amides is 1. The van der Waals surface area contributed by atoms with Crippen LogP contribution in [0.1, 0.15) is 12.8 Å². The molecule has 0 radical (unpaired) electrons. The van der Waals surface area contributed by atoms with Crippen LogP contribution in [-0.4, -0.2) is 31.8 Å². The molecule has 1 heterocycles. The van der Waals surface area contributed by atoms with Crippen molar-refractivity contribution in [3.05, 3.63) is 28.3 Å². The van der Waals surface area contributed by atoms with E-state index in [1.807, 2.05) is 0 Å². The standard InChI is InChI=1S/C11H14N4O5S/c12-7-1-3-9(15(17)18)10(5-7)21(19,20)14-8-2-4-11(16)13-6-8/h1,3,5,8,14H,2,4,6,12H2,(H,13,16). The predicted octanol–water partition coefficient (Wildman–Crippen LogP) is -0.266. The van der Waals surface area contributed by atoms with Crippen molar-refractivity contribution in [1.82, 2.24) is 10.0 Å². The number of nitro benzene ring substituents is 1. The molecule has 0 aromatic heterocycles. The molecule has 1 aromatic rings. The average Bonchev–Trinajstić information content (AvgIpc) is 2.41. The van der Waals surface area contributed by atoms with E-state index in [9.17, 15) is 23.3 Å². The van der Waals surface area contributed by atoms with E-state index in [2.05, 4.69) is 10.0 Å². The monoisotopic (exact) mass is 314 g/mol. The van der Waals surface area contributed by atoms with Gasteiger partial charge in [0.15, 0.2) is 4.90 Å². The van der Waals surface area contributed by atoms with Crippen molar-refractivity contribution in [2.45, 2.75) is 23.8 Å². The minimum Gasteiger partial charge on any atom is -0.399 e. The summed E-state index contributed by atoms with van der Waals surface area (Å²) in [5.41, 5.74) is 5.07. The van der Waals surface area contributed by atoms with E-state index >= 15 is 0 Å². The first-order valence-electron chi connectivity index (χ1n) is 6.12. The minimum atomic E-state index is -4.10. The lowest BCUT2D eigenvalue weighted by atomic mass is 10.1. The van der Waals surface area contributed by atoms with Gasteiger partial charge in [0, 0.05) is 30.8 Å². The molecule has 1 aliphatic rings. The van der Waals surface area contributed by atoms with E-state index in [4.69, 9.17) is 5.73 Å². The molecule has 0 spiro atoms. The Bertz CT molecular complexity index is 678. The van der Waals surface area contributed by atoms with Crippen LogP contribution in [0.2, 0.25) is 0 Å². The lowest BCUT2D eigenvalue weighted by Gasteiger charge is -2.23. The lowest BCUT2D eigenvalue weighted by molar-refractivity contribution is -0.387. The summed E-state index contributed by atoms with van der Waals surface area (Å²) in [6.45, 7) is 0.147. The Hall–Kier alpha value is -2.20. The zero-order valence-electron chi connectivity index (χ0n) is 10.9. The number of carbonyl (C=O) groups is 1. The van der Waals surface area contributed by atoms with Crippen LogP contribution in [0.3, 0.4) is 0 Å². The number of sulfonamides is 1. The summed E-state index contributed by atoms with van der Waals surface area (Å²) in [6.07, 6.45) is 0.535. The lowest BCUT2D eigenvalue weighted by Crippen LogP contribution is -2.47. The second-order valence-corrected chi connectivity index (χ2v) is 6.33. The third kappa shape index (κ3) is 3.47. The van der Waals surface area contributed by atoms with E-state index in [-0.39, 0.29) is 24.6 Å². The number of nitrogens with zero attached hydrogens (tertiary/aromatic N) is 1. The van der Waals surface area contributed by atoms with Crippen LogP contribution < -0.4 is 15.8 Å². The van der Waals surface area contributed by atoms with E-state index in [0.717, 1.165) is 12.1 Å². The van der Waals surface area contributed by atoms with Gasteiger partial charge >= 0.3 is 0 Å². The van der Waals surface area contributed by atoms with Gasteiger partial charge in [-0.1, -0.05) is 0 Å². The van der Waals surface area contributed by atoms with Gasteiger partial charge in [0.1, 0.15) is 0 Å². The summed E-state index contributed by atoms with van der Waals surface area (Å²) in [6, 6.07) is 2.85. The summed E-state index contributed by atoms with van der Waals surface area (Å²) >= 11 is 0. The molecule has 10 heteroatoms. The van der Waals surface area contributed by atoms with Crippen molar-refractivity contribution in [3.8, 4) is 0 Å². The van der Waals surface area contributed by atoms with Crippen LogP contribution >= 0.6 is 0 Å². The first-order valence-corrected chi connectivity index (χ1v) is 7.61. The fourth-order valence-corrected chi connectivity index (χ4v) is 3.49. The number of nitrogens with one attached hydrogen (secondary N) is 2. The number of rotatable bonds is 4. The van der Waals surface area contributed by atoms with Gasteiger partial charge in [-0.05, 0) is 18.6 Å². The average molecular weight is 314 g/mol. The van der Waals surface area contributed by atoms with Crippen molar-refractivity contribution in [3.63, 3.8) is 0 Å². The van der Waals surface area contributed by atoms with Crippen molar-refractivity contribution < 1.29 is 18.1 Å². The van der Waals surface area contributed by atoms with Gasteiger partial charge in [-0.3, -0.25) is 14.9 Å². The molecule has 1 amide bonds. The number of nitrogen functional groups attached to an aromatic ring is 1. The number of nitrogens with two attached hydrogens (primary N) is 1. The Morgan fingerprint density at radius 1 is 1.43 bits per heavy atom. The maximum Gasteiger partial charge on any atom is 0.289 e. The number of piperidine rings is 1. The largest absolute Gasteiger partial charge is 0.399 e. The fraction of sp³-hybridized carbons (Fsp3) is 0.364. The molecule has 1 unspecified atom stereocenters. The summed E-state index contributed by atoms with van der Waals surface area (Å²) in [4.78, 5) is 20.7. The van der Waals surface area contributed by atoms with Crippen LogP contribution in [0.25, 0.3) is 0 Å². The van der Waals surface area contributed by atoms with E-state index < -0.39 is 31.6 Å². The number of hydrogen-bond donors (Lipinski definition) is 3. The summed E-state index contributed by atoms with van der Waals surface area (Å²) in [7, 11) is -4.10. The molecule has 0 bridgehead atoms. The third-order valence-electron chi connectivity index (χ3n) is 3.06. The van der Waals surface area contributed by atoms with Crippen molar-refractivity contribution in [2.75, 3.05) is 12.3 Å². The summed E-state index contributed by atoms with van der Waals surface area (Å²) in [5.74, 6) is -0.152. The van der Waals surface area contributed by atoms with Gasteiger partial charge < -0.3 is 11.1 Å². The van der Waals surface area contributed by atoms with Crippen molar-refractivity contribution in [2.24, 2.45) is 0 Å². The normalized spacial score (nSPS) is 19.0. The zero-order chi connectivity index (χ0) is 15.6. The molecular weight excluding hydrogens is 300 g/mol. The molecule has 1 fully saturated rings. The molecule has 1 atom stereocenters. The Kier molecular flexibility index (Phi) is 4.09. The first-order chi connectivity index (χ1) is 9.79. The molecule has 1 aromatic carbocycles. The number of anilines is 1. The predicted molar refractivity (Wildman–Crippen MR) is 73.9 cm³/mol. The molecular formula is C11H14N4O5S. The number of benzene rings is 1. The molecule has 1 saturated heterocycles. The third-order valence-corrected chi connectivity index (χ3v) is 4.61. The fourth-order valence-electron chi connectivity index (χ4n) is 2.01. The molecule has 2 rings (SSSR count). The van der Waals surface area contributed by atoms with Crippen LogP contribution in [0.4, 0.5) is 11.4 Å². The van der Waals surface area contributed by atoms with Crippen LogP contribution in [-0.2, 0) is 14.8 Å². The van der Waals surface area contributed by atoms with E-state index in [1.165, 1.54) is 6.07 Å². The summed E-state index contributed by atoms with van der Waals surface area (Å²) < 4.78 is 26.9. The Balaban J connectivity index is 2.29. The molecule has 21 heavy (non-hydrogen) atoms.